The number of rotatable bonds is 13. The second-order valence-corrected chi connectivity index (χ2v) is 9.87. The van der Waals surface area contributed by atoms with E-state index >= 15 is 0 Å². The van der Waals surface area contributed by atoms with Crippen LogP contribution in [0, 0.1) is 0 Å². The highest BCUT2D eigenvalue weighted by Crippen LogP contribution is 2.31. The number of para-hydroxylation sites is 1. The molecule has 10 heteroatoms. The van der Waals surface area contributed by atoms with E-state index in [4.69, 9.17) is 29.0 Å². The van der Waals surface area contributed by atoms with Crippen molar-refractivity contribution in [2.75, 3.05) is 34.0 Å². The summed E-state index contributed by atoms with van der Waals surface area (Å²) < 4.78 is 23.4. The predicted octanol–water partition coefficient (Wildman–Crippen LogP) is 3.81. The topological polar surface area (TPSA) is 111 Å². The molecule has 9 nitrogen and oxygen atoms in total. The first kappa shape index (κ1) is 28.4. The molecule has 3 aromatic carbocycles. The summed E-state index contributed by atoms with van der Waals surface area (Å²) in [6, 6.07) is 20.7. The number of aliphatic hydroxyl groups excluding tert-OH is 1. The van der Waals surface area contributed by atoms with Crippen LogP contribution in [-0.4, -0.2) is 56.5 Å². The van der Waals surface area contributed by atoms with Crippen molar-refractivity contribution in [1.29, 1.82) is 0 Å². The number of carbonyl (C=O) groups is 1. The lowest BCUT2D eigenvalue weighted by Gasteiger charge is -2.23. The largest absolute Gasteiger partial charge is 0.494 e. The molecule has 3 N–H and O–H groups in total. The van der Waals surface area contributed by atoms with Crippen molar-refractivity contribution < 1.29 is 28.8 Å². The van der Waals surface area contributed by atoms with Gasteiger partial charge in [0.2, 0.25) is 5.90 Å². The first-order chi connectivity index (χ1) is 19.0. The molecule has 39 heavy (non-hydrogen) atoms. The minimum atomic E-state index is -1.18. The number of aliphatic hydroxyl groups is 1. The average Bonchev–Trinajstić information content (AvgIpc) is 3.39. The molecule has 0 bridgehead atoms. The van der Waals surface area contributed by atoms with Gasteiger partial charge in [0.1, 0.15) is 12.4 Å². The number of methoxy groups -OCH3 is 2. The van der Waals surface area contributed by atoms with E-state index < -0.39 is 5.54 Å². The molecule has 0 saturated heterocycles. The molecule has 0 aromatic heterocycles. The van der Waals surface area contributed by atoms with E-state index in [2.05, 4.69) is 26.8 Å². The Labute approximate surface area is 236 Å². The molecule has 1 amide bonds. The molecular weight excluding hydrogens is 566 g/mol. The van der Waals surface area contributed by atoms with E-state index in [1.165, 1.54) is 0 Å². The Hall–Kier alpha value is -3.60. The Morgan fingerprint density at radius 2 is 1.85 bits per heavy atom. The molecule has 0 spiro atoms. The number of carbonyl (C=O) groups excluding carboxylic acids is 1. The van der Waals surface area contributed by atoms with Crippen molar-refractivity contribution in [1.82, 2.24) is 10.9 Å². The Bertz CT molecular complexity index is 1280. The monoisotopic (exact) mass is 597 g/mol. The lowest BCUT2D eigenvalue weighted by atomic mass is 9.91. The van der Waals surface area contributed by atoms with Crippen LogP contribution in [0.4, 0.5) is 0 Å². The summed E-state index contributed by atoms with van der Waals surface area (Å²) in [6.45, 7) is 0.907. The minimum Gasteiger partial charge on any atom is -0.494 e. The van der Waals surface area contributed by atoms with Gasteiger partial charge in [0.25, 0.3) is 5.91 Å². The number of nitrogens with zero attached hydrogens (tertiary/aromatic N) is 1. The number of hydrazine groups is 1. The second-order valence-electron chi connectivity index (χ2n) is 8.95. The SMILES string of the molecule is COc1cccc(CNNC(=O)[C@]2(Cc3ccc(Br)cc3)COC(c3ccc(OCCCO)cc3)=N2)c1OC. The minimum absolute atomic E-state index is 0.0766. The van der Waals surface area contributed by atoms with Crippen molar-refractivity contribution in [3.63, 3.8) is 0 Å². The van der Waals surface area contributed by atoms with Crippen LogP contribution in [0.1, 0.15) is 23.1 Å². The van der Waals surface area contributed by atoms with Gasteiger partial charge in [-0.15, -0.1) is 0 Å². The molecule has 206 valence electrons. The molecule has 1 aliphatic heterocycles. The van der Waals surface area contributed by atoms with Crippen LogP contribution >= 0.6 is 15.9 Å². The van der Waals surface area contributed by atoms with E-state index in [-0.39, 0.29) is 19.1 Å². The quantitative estimate of drug-likeness (QED) is 0.203. The van der Waals surface area contributed by atoms with Crippen LogP contribution in [-0.2, 0) is 22.5 Å². The van der Waals surface area contributed by atoms with E-state index in [0.29, 0.717) is 49.1 Å². The number of amides is 1. The third-order valence-corrected chi connectivity index (χ3v) is 6.76. The molecular formula is C29H32BrN3O6. The maximum absolute atomic E-state index is 13.6. The highest BCUT2D eigenvalue weighted by molar-refractivity contribution is 9.10. The lowest BCUT2D eigenvalue weighted by Crippen LogP contribution is -2.52. The van der Waals surface area contributed by atoms with Crippen molar-refractivity contribution in [2.45, 2.75) is 24.9 Å². The standard InChI is InChI=1S/C29H32BrN3O6/c1-36-25-6-3-5-22(26(25)37-2)18-31-33-28(35)29(17-20-7-11-23(30)12-8-20)19-39-27(32-29)21-9-13-24(14-10-21)38-16-4-15-34/h3,5-14,31,34H,4,15-19H2,1-2H3,(H,33,35)/t29-/m0/s1. The molecule has 0 unspecified atom stereocenters. The van der Waals surface area contributed by atoms with E-state index in [1.54, 1.807) is 14.2 Å². The Kier molecular flexibility index (Phi) is 9.80. The molecule has 0 aliphatic carbocycles. The number of ether oxygens (including phenoxy) is 4. The van der Waals surface area contributed by atoms with Crippen molar-refractivity contribution in [3.05, 3.63) is 87.9 Å². The number of benzene rings is 3. The zero-order valence-electron chi connectivity index (χ0n) is 21.9. The zero-order valence-corrected chi connectivity index (χ0v) is 23.5. The fourth-order valence-corrected chi connectivity index (χ4v) is 4.46. The van der Waals surface area contributed by atoms with Gasteiger partial charge in [0.05, 0.1) is 20.8 Å². The fourth-order valence-electron chi connectivity index (χ4n) is 4.20. The fraction of sp³-hybridized carbons (Fsp3) is 0.310. The van der Waals surface area contributed by atoms with Crippen LogP contribution in [0.5, 0.6) is 17.2 Å². The van der Waals surface area contributed by atoms with Crippen molar-refractivity contribution >= 4 is 27.7 Å². The lowest BCUT2D eigenvalue weighted by molar-refractivity contribution is -0.127. The smallest absolute Gasteiger partial charge is 0.266 e. The number of aliphatic imine (C=N–C) groups is 1. The van der Waals surface area contributed by atoms with Gasteiger partial charge in [-0.3, -0.25) is 10.2 Å². The normalized spacial score (nSPS) is 16.3. The van der Waals surface area contributed by atoms with Crippen LogP contribution in [0.3, 0.4) is 0 Å². The predicted molar refractivity (Wildman–Crippen MR) is 151 cm³/mol. The second kappa shape index (κ2) is 13.5. The van der Waals surface area contributed by atoms with Crippen LogP contribution < -0.4 is 25.1 Å². The average molecular weight is 598 g/mol. The number of nitrogens with one attached hydrogen (secondary N) is 2. The third kappa shape index (κ3) is 7.08. The van der Waals surface area contributed by atoms with Gasteiger partial charge in [0.15, 0.2) is 17.0 Å². The van der Waals surface area contributed by atoms with Crippen molar-refractivity contribution in [2.24, 2.45) is 4.99 Å². The summed E-state index contributed by atoms with van der Waals surface area (Å²) in [7, 11) is 3.16. The van der Waals surface area contributed by atoms with Gasteiger partial charge in [-0.05, 0) is 48.0 Å². The zero-order chi connectivity index (χ0) is 27.7. The first-order valence-electron chi connectivity index (χ1n) is 12.5. The molecule has 3 aromatic rings. The molecule has 1 heterocycles. The van der Waals surface area contributed by atoms with Gasteiger partial charge in [-0.25, -0.2) is 10.4 Å². The maximum atomic E-state index is 13.6. The third-order valence-electron chi connectivity index (χ3n) is 6.23. The number of halogens is 1. The molecule has 0 radical (unpaired) electrons. The highest BCUT2D eigenvalue weighted by atomic mass is 79.9. The Morgan fingerprint density at radius 3 is 2.54 bits per heavy atom. The molecule has 4 rings (SSSR count). The van der Waals surface area contributed by atoms with Gasteiger partial charge in [-0.2, -0.15) is 0 Å². The van der Waals surface area contributed by atoms with Crippen LogP contribution in [0.15, 0.2) is 76.2 Å². The van der Waals surface area contributed by atoms with Gasteiger partial charge in [-0.1, -0.05) is 40.2 Å². The van der Waals surface area contributed by atoms with E-state index in [0.717, 1.165) is 21.2 Å². The summed E-state index contributed by atoms with van der Waals surface area (Å²) in [5.41, 5.74) is 7.17. The summed E-state index contributed by atoms with van der Waals surface area (Å²) in [6.07, 6.45) is 0.909. The summed E-state index contributed by atoms with van der Waals surface area (Å²) >= 11 is 3.46. The van der Waals surface area contributed by atoms with Crippen LogP contribution in [0.25, 0.3) is 0 Å². The van der Waals surface area contributed by atoms with Gasteiger partial charge in [0, 0.05) is 41.6 Å². The maximum Gasteiger partial charge on any atom is 0.266 e. The summed E-state index contributed by atoms with van der Waals surface area (Å²) in [4.78, 5) is 18.4. The molecule has 0 saturated carbocycles. The molecule has 1 aliphatic rings. The summed E-state index contributed by atoms with van der Waals surface area (Å²) in [5, 5.41) is 8.94. The molecule has 1 atom stereocenters. The van der Waals surface area contributed by atoms with Gasteiger partial charge >= 0.3 is 0 Å². The van der Waals surface area contributed by atoms with Gasteiger partial charge < -0.3 is 24.1 Å². The highest BCUT2D eigenvalue weighted by Gasteiger charge is 2.44. The number of hydrogen-bond acceptors (Lipinski definition) is 8. The Morgan fingerprint density at radius 1 is 1.08 bits per heavy atom. The number of hydrogen-bond donors (Lipinski definition) is 3. The van der Waals surface area contributed by atoms with E-state index in [1.807, 2.05) is 66.7 Å². The van der Waals surface area contributed by atoms with E-state index in [9.17, 15) is 4.79 Å². The summed E-state index contributed by atoms with van der Waals surface area (Å²) in [5.74, 6) is 1.96. The van der Waals surface area contributed by atoms with Crippen LogP contribution in [0.2, 0.25) is 0 Å². The molecule has 0 fully saturated rings. The van der Waals surface area contributed by atoms with Crippen molar-refractivity contribution in [3.8, 4) is 17.2 Å². The first-order valence-corrected chi connectivity index (χ1v) is 13.3. The Balaban J connectivity index is 1.52.